The average molecular weight is 346 g/mol. The Morgan fingerprint density at radius 1 is 1.21 bits per heavy atom. The molecule has 0 spiro atoms. The fraction of sp³-hybridized carbons (Fsp3) is 0.312. The average Bonchev–Trinajstić information content (AvgIpc) is 2.93. The summed E-state index contributed by atoms with van der Waals surface area (Å²) in [5.74, 6) is -0.224. The molecule has 0 bridgehead atoms. The molecule has 1 atom stereocenters. The van der Waals surface area contributed by atoms with Crippen LogP contribution in [0.5, 0.6) is 0 Å². The fourth-order valence-electron chi connectivity index (χ4n) is 2.50. The summed E-state index contributed by atoms with van der Waals surface area (Å²) in [5.41, 5.74) is 1.95. The largest absolute Gasteiger partial charge is 0.378 e. The number of amides is 1. The predicted molar refractivity (Wildman–Crippen MR) is 90.3 cm³/mol. The molecule has 24 heavy (non-hydrogen) atoms. The first kappa shape index (κ1) is 16.4. The van der Waals surface area contributed by atoms with Gasteiger partial charge in [-0.05, 0) is 30.7 Å². The number of nitrogens with zero attached hydrogens (tertiary/aromatic N) is 2. The van der Waals surface area contributed by atoms with Gasteiger partial charge in [-0.2, -0.15) is 0 Å². The molecule has 1 aliphatic rings. The molecule has 3 rings (SSSR count). The zero-order chi connectivity index (χ0) is 17.0. The smallest absolute Gasteiger partial charge is 0.270 e. The highest BCUT2D eigenvalue weighted by atomic mass is 32.2. The summed E-state index contributed by atoms with van der Waals surface area (Å²) < 4.78 is 22.8. The highest BCUT2D eigenvalue weighted by Crippen LogP contribution is 2.13. The maximum Gasteiger partial charge on any atom is 0.270 e. The zero-order valence-electron chi connectivity index (χ0n) is 13.0. The SMILES string of the molecule is O=C(NC1CCS(=O)(=O)C1)c1ccc(NCc2ccccn2)cn1. The summed E-state index contributed by atoms with van der Waals surface area (Å²) in [5, 5.41) is 5.89. The van der Waals surface area contributed by atoms with Gasteiger partial charge in [0.2, 0.25) is 0 Å². The van der Waals surface area contributed by atoms with E-state index in [-0.39, 0.29) is 29.1 Å². The van der Waals surface area contributed by atoms with E-state index in [0.717, 1.165) is 11.4 Å². The van der Waals surface area contributed by atoms with E-state index in [1.807, 2.05) is 18.2 Å². The Bertz CT molecular complexity index is 807. The minimum atomic E-state index is -3.01. The van der Waals surface area contributed by atoms with Gasteiger partial charge < -0.3 is 10.6 Å². The molecule has 0 aromatic carbocycles. The second kappa shape index (κ2) is 6.96. The van der Waals surface area contributed by atoms with Gasteiger partial charge in [0, 0.05) is 12.2 Å². The van der Waals surface area contributed by atoms with Crippen LogP contribution in [-0.2, 0) is 16.4 Å². The summed E-state index contributed by atoms with van der Waals surface area (Å²) in [7, 11) is -3.01. The Morgan fingerprint density at radius 3 is 2.71 bits per heavy atom. The van der Waals surface area contributed by atoms with E-state index in [0.29, 0.717) is 13.0 Å². The molecule has 0 saturated carbocycles. The molecule has 1 unspecified atom stereocenters. The van der Waals surface area contributed by atoms with Gasteiger partial charge in [0.25, 0.3) is 5.91 Å². The maximum absolute atomic E-state index is 12.1. The molecular weight excluding hydrogens is 328 g/mol. The first-order chi connectivity index (χ1) is 11.5. The normalized spacial score (nSPS) is 18.9. The van der Waals surface area contributed by atoms with Gasteiger partial charge in [0.15, 0.2) is 9.84 Å². The Balaban J connectivity index is 1.55. The van der Waals surface area contributed by atoms with E-state index < -0.39 is 9.84 Å². The van der Waals surface area contributed by atoms with Crippen LogP contribution >= 0.6 is 0 Å². The van der Waals surface area contributed by atoms with Crippen molar-refractivity contribution in [2.45, 2.75) is 19.0 Å². The van der Waals surface area contributed by atoms with Crippen molar-refractivity contribution in [3.8, 4) is 0 Å². The predicted octanol–water partition coefficient (Wildman–Crippen LogP) is 1.01. The van der Waals surface area contributed by atoms with Gasteiger partial charge in [-0.1, -0.05) is 6.07 Å². The maximum atomic E-state index is 12.1. The first-order valence-corrected chi connectivity index (χ1v) is 9.45. The highest BCUT2D eigenvalue weighted by molar-refractivity contribution is 7.91. The molecule has 1 aliphatic heterocycles. The van der Waals surface area contributed by atoms with E-state index in [2.05, 4.69) is 20.6 Å². The van der Waals surface area contributed by atoms with Gasteiger partial charge in [-0.15, -0.1) is 0 Å². The second-order valence-corrected chi connectivity index (χ2v) is 7.91. The fourth-order valence-corrected chi connectivity index (χ4v) is 4.17. The van der Waals surface area contributed by atoms with Crippen molar-refractivity contribution in [3.05, 3.63) is 54.1 Å². The molecule has 7 nitrogen and oxygen atoms in total. The lowest BCUT2D eigenvalue weighted by Crippen LogP contribution is -2.36. The van der Waals surface area contributed by atoms with Crippen LogP contribution in [0.4, 0.5) is 5.69 Å². The van der Waals surface area contributed by atoms with Crippen molar-refractivity contribution in [1.82, 2.24) is 15.3 Å². The molecule has 0 aliphatic carbocycles. The van der Waals surface area contributed by atoms with Crippen LogP contribution in [0, 0.1) is 0 Å². The summed E-state index contributed by atoms with van der Waals surface area (Å²) in [4.78, 5) is 20.4. The lowest BCUT2D eigenvalue weighted by atomic mass is 10.2. The van der Waals surface area contributed by atoms with Gasteiger partial charge in [0.1, 0.15) is 5.69 Å². The number of hydrogen-bond acceptors (Lipinski definition) is 6. The molecule has 1 amide bonds. The number of hydrogen-bond donors (Lipinski definition) is 2. The van der Waals surface area contributed by atoms with Crippen LogP contribution in [0.15, 0.2) is 42.7 Å². The van der Waals surface area contributed by atoms with E-state index in [9.17, 15) is 13.2 Å². The zero-order valence-corrected chi connectivity index (χ0v) is 13.8. The summed E-state index contributed by atoms with van der Waals surface area (Å²) >= 11 is 0. The van der Waals surface area contributed by atoms with E-state index >= 15 is 0 Å². The minimum Gasteiger partial charge on any atom is -0.378 e. The number of anilines is 1. The van der Waals surface area contributed by atoms with Crippen molar-refractivity contribution in [3.63, 3.8) is 0 Å². The van der Waals surface area contributed by atoms with Crippen LogP contribution in [0.2, 0.25) is 0 Å². The molecule has 8 heteroatoms. The lowest BCUT2D eigenvalue weighted by molar-refractivity contribution is 0.0936. The number of sulfone groups is 1. The van der Waals surface area contributed by atoms with E-state index in [4.69, 9.17) is 0 Å². The van der Waals surface area contributed by atoms with Crippen LogP contribution in [0.1, 0.15) is 22.6 Å². The second-order valence-electron chi connectivity index (χ2n) is 5.68. The van der Waals surface area contributed by atoms with Crippen molar-refractivity contribution in [2.24, 2.45) is 0 Å². The van der Waals surface area contributed by atoms with E-state index in [1.165, 1.54) is 0 Å². The third kappa shape index (κ3) is 4.29. The number of nitrogens with one attached hydrogen (secondary N) is 2. The standard InChI is InChI=1S/C16H18N4O3S/c21-16(20-14-6-8-24(22,23)11-14)15-5-4-13(10-19-15)18-9-12-3-1-2-7-17-12/h1-5,7,10,14,18H,6,8-9,11H2,(H,20,21). The summed E-state index contributed by atoms with van der Waals surface area (Å²) in [6.07, 6.45) is 3.76. The monoisotopic (exact) mass is 346 g/mol. The van der Waals surface area contributed by atoms with Crippen molar-refractivity contribution in [1.29, 1.82) is 0 Å². The number of rotatable bonds is 5. The van der Waals surface area contributed by atoms with Crippen molar-refractivity contribution >= 4 is 21.4 Å². The Labute approximate surface area is 140 Å². The lowest BCUT2D eigenvalue weighted by Gasteiger charge is -2.11. The van der Waals surface area contributed by atoms with Gasteiger partial charge in [0.05, 0.1) is 35.6 Å². The highest BCUT2D eigenvalue weighted by Gasteiger charge is 2.29. The molecule has 1 saturated heterocycles. The molecule has 2 N–H and O–H groups in total. The topological polar surface area (TPSA) is 101 Å². The number of pyridine rings is 2. The Morgan fingerprint density at radius 2 is 2.08 bits per heavy atom. The number of carbonyl (C=O) groups is 1. The molecule has 2 aromatic heterocycles. The molecule has 126 valence electrons. The van der Waals surface area contributed by atoms with Gasteiger partial charge in [-0.3, -0.25) is 9.78 Å². The molecule has 1 fully saturated rings. The third-order valence-electron chi connectivity index (χ3n) is 3.76. The molecule has 2 aromatic rings. The quantitative estimate of drug-likeness (QED) is 0.838. The third-order valence-corrected chi connectivity index (χ3v) is 5.53. The Hall–Kier alpha value is -2.48. The number of aromatic nitrogens is 2. The van der Waals surface area contributed by atoms with Crippen LogP contribution < -0.4 is 10.6 Å². The molecule has 0 radical (unpaired) electrons. The summed E-state index contributed by atoms with van der Waals surface area (Å²) in [6, 6.07) is 8.73. The number of carbonyl (C=O) groups excluding carboxylic acids is 1. The van der Waals surface area contributed by atoms with Crippen LogP contribution in [-0.4, -0.2) is 41.8 Å². The van der Waals surface area contributed by atoms with E-state index in [1.54, 1.807) is 24.5 Å². The van der Waals surface area contributed by atoms with Gasteiger partial charge in [-0.25, -0.2) is 13.4 Å². The minimum absolute atomic E-state index is 0.00244. The molecular formula is C16H18N4O3S. The Kier molecular flexibility index (Phi) is 4.75. The van der Waals surface area contributed by atoms with Crippen molar-refractivity contribution in [2.75, 3.05) is 16.8 Å². The summed E-state index contributed by atoms with van der Waals surface area (Å²) in [6.45, 7) is 0.563. The molecule has 3 heterocycles. The first-order valence-electron chi connectivity index (χ1n) is 7.63. The van der Waals surface area contributed by atoms with Crippen LogP contribution in [0.25, 0.3) is 0 Å². The van der Waals surface area contributed by atoms with Crippen LogP contribution in [0.3, 0.4) is 0 Å². The van der Waals surface area contributed by atoms with Crippen molar-refractivity contribution < 1.29 is 13.2 Å². The van der Waals surface area contributed by atoms with Gasteiger partial charge >= 0.3 is 0 Å².